The van der Waals surface area contributed by atoms with Crippen molar-refractivity contribution in [2.24, 2.45) is 5.92 Å². The van der Waals surface area contributed by atoms with Crippen molar-refractivity contribution in [3.63, 3.8) is 0 Å². The Balaban J connectivity index is 1.27. The summed E-state index contributed by atoms with van der Waals surface area (Å²) in [5.41, 5.74) is 6.38. The lowest BCUT2D eigenvalue weighted by Crippen LogP contribution is -2.50. The lowest BCUT2D eigenvalue weighted by atomic mass is 10.1. The highest BCUT2D eigenvalue weighted by Crippen LogP contribution is 2.57. The molecule has 0 bridgehead atoms. The maximum Gasteiger partial charge on any atom is 0.359 e. The number of carbonyl (C=O) groups is 2. The monoisotopic (exact) mass is 422 g/mol. The number of rotatable bonds is 5. The number of fused-ring (bicyclic) bond motifs is 3. The van der Waals surface area contributed by atoms with Crippen LogP contribution in [0.1, 0.15) is 52.1 Å². The van der Waals surface area contributed by atoms with Crippen molar-refractivity contribution in [3.8, 4) is 0 Å². The van der Waals surface area contributed by atoms with Crippen LogP contribution < -0.4 is 4.90 Å². The van der Waals surface area contributed by atoms with Crippen LogP contribution >= 0.6 is 0 Å². The van der Waals surface area contributed by atoms with Crippen LogP contribution in [0.5, 0.6) is 0 Å². The zero-order valence-corrected chi connectivity index (χ0v) is 18.6. The Hall–Kier alpha value is -2.83. The second kappa shape index (κ2) is 7.70. The fourth-order valence-corrected chi connectivity index (χ4v) is 5.17. The van der Waals surface area contributed by atoms with E-state index in [-0.39, 0.29) is 18.4 Å². The molecule has 1 amide bonds. The molecular weight excluding hydrogens is 392 g/mol. The summed E-state index contributed by atoms with van der Waals surface area (Å²) in [6.45, 7) is 9.68. The van der Waals surface area contributed by atoms with Crippen molar-refractivity contribution < 1.29 is 14.3 Å². The van der Waals surface area contributed by atoms with Gasteiger partial charge < -0.3 is 14.5 Å². The van der Waals surface area contributed by atoms with Gasteiger partial charge in [-0.15, -0.1) is 0 Å². The molecule has 164 valence electrons. The predicted molar refractivity (Wildman–Crippen MR) is 117 cm³/mol. The summed E-state index contributed by atoms with van der Waals surface area (Å²) in [5.74, 6) is 0.754. The second-order valence-corrected chi connectivity index (χ2v) is 8.98. The van der Waals surface area contributed by atoms with Crippen LogP contribution in [0.25, 0.3) is 0 Å². The fraction of sp³-hybridized carbons (Fsp3) is 0.542. The number of nitrogens with zero attached hydrogens (tertiary/aromatic N) is 4. The van der Waals surface area contributed by atoms with Gasteiger partial charge in [0.15, 0.2) is 5.69 Å². The van der Waals surface area contributed by atoms with E-state index < -0.39 is 0 Å². The first-order valence-corrected chi connectivity index (χ1v) is 11.3. The standard InChI is InChI=1S/C24H30N4O3/c1-4-31-24(30)23-22-18-12-17(18)13-20(22)28(25-23)14-21(29)27-10-8-26(9-11-27)19-7-5-6-15(2)16(19)3/h5-7,17-18H,4,8-14H2,1-3H3/t17-,18-/m1/s1. The molecule has 0 spiro atoms. The first-order chi connectivity index (χ1) is 15.0. The van der Waals surface area contributed by atoms with Crippen LogP contribution in [0.2, 0.25) is 0 Å². The zero-order valence-electron chi connectivity index (χ0n) is 18.6. The van der Waals surface area contributed by atoms with Gasteiger partial charge in [-0.05, 0) is 62.6 Å². The molecule has 2 aliphatic carbocycles. The van der Waals surface area contributed by atoms with Gasteiger partial charge in [0.2, 0.25) is 5.91 Å². The Labute approximate surface area is 183 Å². The van der Waals surface area contributed by atoms with Gasteiger partial charge in [-0.2, -0.15) is 5.10 Å². The third-order valence-electron chi connectivity index (χ3n) is 7.15. The molecule has 1 aromatic heterocycles. The molecule has 2 heterocycles. The number of hydrogen-bond acceptors (Lipinski definition) is 5. The molecule has 5 rings (SSSR count). The Kier molecular flexibility index (Phi) is 4.99. The minimum atomic E-state index is -0.361. The van der Waals surface area contributed by atoms with E-state index in [1.807, 2.05) is 4.90 Å². The Bertz CT molecular complexity index is 1040. The molecule has 0 radical (unpaired) electrons. The van der Waals surface area contributed by atoms with Gasteiger partial charge in [-0.25, -0.2) is 4.79 Å². The molecule has 3 aliphatic rings. The van der Waals surface area contributed by atoms with E-state index in [0.29, 0.717) is 37.2 Å². The van der Waals surface area contributed by atoms with E-state index in [9.17, 15) is 9.59 Å². The van der Waals surface area contributed by atoms with Crippen LogP contribution in [0, 0.1) is 19.8 Å². The number of hydrogen-bond donors (Lipinski definition) is 0. The molecule has 2 atom stereocenters. The molecule has 31 heavy (non-hydrogen) atoms. The van der Waals surface area contributed by atoms with Crippen molar-refractivity contribution in [3.05, 3.63) is 46.3 Å². The minimum Gasteiger partial charge on any atom is -0.461 e. The van der Waals surface area contributed by atoms with Crippen LogP contribution in [-0.4, -0.2) is 59.3 Å². The first-order valence-electron chi connectivity index (χ1n) is 11.3. The second-order valence-electron chi connectivity index (χ2n) is 8.98. The molecule has 7 nitrogen and oxygen atoms in total. The summed E-state index contributed by atoms with van der Waals surface area (Å²) >= 11 is 0. The topological polar surface area (TPSA) is 67.7 Å². The Morgan fingerprint density at radius 1 is 1.16 bits per heavy atom. The molecule has 2 fully saturated rings. The number of ether oxygens (including phenoxy) is 1. The van der Waals surface area contributed by atoms with E-state index in [0.717, 1.165) is 37.2 Å². The number of piperazine rings is 1. The summed E-state index contributed by atoms with van der Waals surface area (Å²) in [7, 11) is 0. The number of esters is 1. The Morgan fingerprint density at radius 3 is 2.68 bits per heavy atom. The third kappa shape index (κ3) is 3.50. The summed E-state index contributed by atoms with van der Waals surface area (Å²) in [4.78, 5) is 29.7. The van der Waals surface area contributed by atoms with Gasteiger partial charge in [0.05, 0.1) is 6.61 Å². The fourth-order valence-electron chi connectivity index (χ4n) is 5.17. The zero-order chi connectivity index (χ0) is 21.7. The SMILES string of the molecule is CCOC(=O)c1nn(CC(=O)N2CCN(c3cccc(C)c3C)CC2)c2c1[C@@H]1C[C@@H]1C2. The van der Waals surface area contributed by atoms with Crippen LogP contribution in [0.4, 0.5) is 5.69 Å². The van der Waals surface area contributed by atoms with Gasteiger partial charge in [-0.1, -0.05) is 12.1 Å². The largest absolute Gasteiger partial charge is 0.461 e. The van der Waals surface area contributed by atoms with E-state index in [1.165, 1.54) is 16.8 Å². The van der Waals surface area contributed by atoms with Crippen molar-refractivity contribution >= 4 is 17.6 Å². The number of benzene rings is 1. The average Bonchev–Trinajstić information content (AvgIpc) is 3.29. The third-order valence-corrected chi connectivity index (χ3v) is 7.15. The van der Waals surface area contributed by atoms with E-state index in [1.54, 1.807) is 11.6 Å². The molecule has 1 saturated carbocycles. The summed E-state index contributed by atoms with van der Waals surface area (Å²) in [6, 6.07) is 6.39. The van der Waals surface area contributed by atoms with Crippen LogP contribution in [-0.2, 0) is 22.5 Å². The smallest absolute Gasteiger partial charge is 0.359 e. The van der Waals surface area contributed by atoms with Crippen LogP contribution in [0.3, 0.4) is 0 Å². The molecule has 0 N–H and O–H groups in total. The van der Waals surface area contributed by atoms with E-state index >= 15 is 0 Å². The lowest BCUT2D eigenvalue weighted by molar-refractivity contribution is -0.132. The maximum absolute atomic E-state index is 13.1. The average molecular weight is 423 g/mol. The maximum atomic E-state index is 13.1. The molecule has 1 saturated heterocycles. The summed E-state index contributed by atoms with van der Waals surface area (Å²) < 4.78 is 6.98. The molecule has 0 unspecified atom stereocenters. The van der Waals surface area contributed by atoms with Gasteiger partial charge in [0.1, 0.15) is 6.54 Å². The van der Waals surface area contributed by atoms with E-state index in [2.05, 4.69) is 42.0 Å². The van der Waals surface area contributed by atoms with Crippen molar-refractivity contribution in [2.45, 2.75) is 46.1 Å². The molecule has 1 aliphatic heterocycles. The molecular formula is C24H30N4O3. The van der Waals surface area contributed by atoms with Gasteiger partial charge in [0.25, 0.3) is 0 Å². The number of anilines is 1. The Morgan fingerprint density at radius 2 is 1.94 bits per heavy atom. The number of carbonyl (C=O) groups excluding carboxylic acids is 2. The number of amides is 1. The summed E-state index contributed by atoms with van der Waals surface area (Å²) in [5, 5.41) is 4.53. The quantitative estimate of drug-likeness (QED) is 0.693. The normalized spacial score (nSPS) is 21.6. The van der Waals surface area contributed by atoms with Gasteiger partial charge in [0, 0.05) is 43.1 Å². The van der Waals surface area contributed by atoms with Gasteiger partial charge >= 0.3 is 5.97 Å². The van der Waals surface area contributed by atoms with Crippen molar-refractivity contribution in [1.82, 2.24) is 14.7 Å². The van der Waals surface area contributed by atoms with Crippen LogP contribution in [0.15, 0.2) is 18.2 Å². The molecule has 1 aromatic carbocycles. The predicted octanol–water partition coefficient (Wildman–Crippen LogP) is 2.69. The van der Waals surface area contributed by atoms with E-state index in [4.69, 9.17) is 4.74 Å². The highest BCUT2D eigenvalue weighted by Gasteiger charge is 2.50. The lowest BCUT2D eigenvalue weighted by Gasteiger charge is -2.37. The first kappa shape index (κ1) is 20.1. The van der Waals surface area contributed by atoms with Crippen molar-refractivity contribution in [2.75, 3.05) is 37.7 Å². The van der Waals surface area contributed by atoms with Gasteiger partial charge in [-0.3, -0.25) is 9.48 Å². The number of aromatic nitrogens is 2. The number of aryl methyl sites for hydroxylation is 1. The minimum absolute atomic E-state index is 0.0712. The highest BCUT2D eigenvalue weighted by atomic mass is 16.5. The molecule has 7 heteroatoms. The summed E-state index contributed by atoms with van der Waals surface area (Å²) in [6.07, 6.45) is 2.04. The molecule has 2 aromatic rings. The highest BCUT2D eigenvalue weighted by molar-refractivity contribution is 5.90. The van der Waals surface area contributed by atoms with Crippen molar-refractivity contribution in [1.29, 1.82) is 0 Å².